The minimum Gasteiger partial charge on any atom is -0.357 e. The van der Waals surface area contributed by atoms with Crippen LogP contribution in [0.2, 0.25) is 0 Å². The van der Waals surface area contributed by atoms with E-state index < -0.39 is 6.09 Å². The largest absolute Gasteiger partial charge is 0.447 e. The van der Waals surface area contributed by atoms with Crippen molar-refractivity contribution in [2.45, 2.75) is 0 Å². The Hall–Kier alpha value is -1.04. The lowest BCUT2D eigenvalue weighted by molar-refractivity contribution is -0.152. The van der Waals surface area contributed by atoms with Crippen molar-refractivity contribution in [1.82, 2.24) is 0 Å². The van der Waals surface area contributed by atoms with Crippen LogP contribution in [0.25, 0.3) is 0 Å². The molecular formula is C2H4N2O3S. The van der Waals surface area contributed by atoms with Crippen molar-refractivity contribution in [3.05, 3.63) is 0 Å². The number of carbonyl (C=O) groups is 1. The summed E-state index contributed by atoms with van der Waals surface area (Å²) in [6.45, 7) is 0. The molecule has 0 spiro atoms. The SMILES string of the molecule is NC(=O)OOC(N)=S. The molecule has 0 aliphatic carbocycles. The third-order valence-corrected chi connectivity index (χ3v) is 0.274. The lowest BCUT2D eigenvalue weighted by atomic mass is 11.3. The zero-order valence-corrected chi connectivity index (χ0v) is 4.60. The van der Waals surface area contributed by atoms with Gasteiger partial charge in [-0.05, 0) is 12.2 Å². The molecule has 1 amide bonds. The summed E-state index contributed by atoms with van der Waals surface area (Å²) < 4.78 is 0. The van der Waals surface area contributed by atoms with Crippen LogP contribution in [-0.2, 0) is 9.78 Å². The Morgan fingerprint density at radius 3 is 2.00 bits per heavy atom. The zero-order valence-electron chi connectivity index (χ0n) is 3.79. The molecule has 46 valence electrons. The van der Waals surface area contributed by atoms with Crippen LogP contribution in [0.3, 0.4) is 0 Å². The Kier molecular flexibility index (Phi) is 2.63. The van der Waals surface area contributed by atoms with Crippen molar-refractivity contribution in [3.63, 3.8) is 0 Å². The van der Waals surface area contributed by atoms with E-state index in [-0.39, 0.29) is 5.17 Å². The van der Waals surface area contributed by atoms with E-state index in [9.17, 15) is 4.79 Å². The number of amides is 1. The molecule has 4 N–H and O–H groups in total. The topological polar surface area (TPSA) is 87.6 Å². The first-order valence-electron chi connectivity index (χ1n) is 1.56. The minimum atomic E-state index is -1.09. The fourth-order valence-electron chi connectivity index (χ4n) is 0.0821. The van der Waals surface area contributed by atoms with Gasteiger partial charge in [-0.2, -0.15) is 0 Å². The summed E-state index contributed by atoms with van der Waals surface area (Å²) in [6, 6.07) is 0. The summed E-state index contributed by atoms with van der Waals surface area (Å²) in [6.07, 6.45) is -1.09. The first-order valence-corrected chi connectivity index (χ1v) is 1.97. The maximum absolute atomic E-state index is 9.66. The minimum absolute atomic E-state index is 0.385. The Morgan fingerprint density at radius 2 is 1.88 bits per heavy atom. The van der Waals surface area contributed by atoms with Gasteiger partial charge in [0.15, 0.2) is 0 Å². The van der Waals surface area contributed by atoms with E-state index in [1.165, 1.54) is 0 Å². The number of hydrogen-bond acceptors (Lipinski definition) is 4. The van der Waals surface area contributed by atoms with Crippen LogP contribution in [0.5, 0.6) is 0 Å². The third kappa shape index (κ3) is 4.96. The number of thiocarbonyl (C=S) groups is 1. The van der Waals surface area contributed by atoms with Gasteiger partial charge >= 0.3 is 11.3 Å². The van der Waals surface area contributed by atoms with E-state index in [1.54, 1.807) is 0 Å². The molecule has 0 bridgehead atoms. The molecular weight excluding hydrogens is 132 g/mol. The van der Waals surface area contributed by atoms with Gasteiger partial charge in [-0.1, -0.05) is 0 Å². The van der Waals surface area contributed by atoms with Crippen LogP contribution in [0.15, 0.2) is 0 Å². The van der Waals surface area contributed by atoms with Crippen LogP contribution in [0, 0.1) is 0 Å². The van der Waals surface area contributed by atoms with E-state index in [1.807, 2.05) is 0 Å². The van der Waals surface area contributed by atoms with Gasteiger partial charge in [-0.25, -0.2) is 9.68 Å². The highest BCUT2D eigenvalue weighted by Gasteiger charge is 1.93. The lowest BCUT2D eigenvalue weighted by Crippen LogP contribution is -2.20. The van der Waals surface area contributed by atoms with Crippen molar-refractivity contribution < 1.29 is 14.6 Å². The average Bonchev–Trinajstić information content (AvgIpc) is 1.61. The van der Waals surface area contributed by atoms with Gasteiger partial charge in [0.05, 0.1) is 0 Å². The maximum atomic E-state index is 9.66. The summed E-state index contributed by atoms with van der Waals surface area (Å²) in [4.78, 5) is 17.2. The predicted octanol–water partition coefficient (Wildman–Crippen LogP) is -0.743. The van der Waals surface area contributed by atoms with E-state index in [4.69, 9.17) is 5.73 Å². The predicted molar refractivity (Wildman–Crippen MR) is 28.5 cm³/mol. The fraction of sp³-hybridized carbons (Fsp3) is 0. The second kappa shape index (κ2) is 3.03. The zero-order chi connectivity index (χ0) is 6.57. The van der Waals surface area contributed by atoms with Gasteiger partial charge in [0.25, 0.3) is 0 Å². The first-order chi connectivity index (χ1) is 3.63. The van der Waals surface area contributed by atoms with Crippen LogP contribution in [0.4, 0.5) is 4.79 Å². The van der Waals surface area contributed by atoms with Crippen LogP contribution in [-0.4, -0.2) is 11.3 Å². The van der Waals surface area contributed by atoms with E-state index in [0.29, 0.717) is 0 Å². The quantitative estimate of drug-likeness (QED) is 0.260. The molecule has 0 radical (unpaired) electrons. The van der Waals surface area contributed by atoms with E-state index in [0.717, 1.165) is 0 Å². The van der Waals surface area contributed by atoms with Crippen LogP contribution >= 0.6 is 12.2 Å². The molecule has 0 fully saturated rings. The normalized spacial score (nSPS) is 7.50. The molecule has 0 aromatic rings. The first kappa shape index (κ1) is 6.96. The number of hydrogen-bond donors (Lipinski definition) is 2. The number of primary amides is 1. The molecule has 8 heavy (non-hydrogen) atoms. The third-order valence-electron chi connectivity index (χ3n) is 0.206. The molecule has 0 saturated carbocycles. The van der Waals surface area contributed by atoms with Gasteiger partial charge < -0.3 is 11.5 Å². The molecule has 0 rings (SSSR count). The molecule has 0 aromatic heterocycles. The standard InChI is InChI=1S/C2H4N2O3S/c3-1(5)6-7-2(4)8/h(H2,3,5)(H2,4,8). The second-order valence-electron chi connectivity index (χ2n) is 0.805. The maximum Gasteiger partial charge on any atom is 0.447 e. The molecule has 0 atom stereocenters. The number of carbonyl (C=O) groups excluding carboxylic acids is 1. The van der Waals surface area contributed by atoms with Crippen molar-refractivity contribution >= 4 is 23.5 Å². The highest BCUT2D eigenvalue weighted by atomic mass is 32.1. The van der Waals surface area contributed by atoms with Crippen molar-refractivity contribution in [1.29, 1.82) is 0 Å². The highest BCUT2D eigenvalue weighted by molar-refractivity contribution is 7.79. The number of rotatable bonds is 0. The molecule has 0 aromatic carbocycles. The molecule has 0 aliphatic rings. The summed E-state index contributed by atoms with van der Waals surface area (Å²) in [5.74, 6) is 0. The number of nitrogens with two attached hydrogens (primary N) is 2. The smallest absolute Gasteiger partial charge is 0.357 e. The van der Waals surface area contributed by atoms with Gasteiger partial charge in [-0.15, -0.1) is 0 Å². The Bertz CT molecular complexity index is 99.9. The van der Waals surface area contributed by atoms with E-state index in [2.05, 4.69) is 27.7 Å². The second-order valence-corrected chi connectivity index (χ2v) is 1.21. The lowest BCUT2D eigenvalue weighted by Gasteiger charge is -1.94. The Balaban J connectivity index is 3.18. The molecule has 6 heteroatoms. The average molecular weight is 136 g/mol. The monoisotopic (exact) mass is 136 g/mol. The highest BCUT2D eigenvalue weighted by Crippen LogP contribution is 1.75. The summed E-state index contributed by atoms with van der Waals surface area (Å²) in [5, 5.41) is -0.385. The van der Waals surface area contributed by atoms with Crippen LogP contribution in [0.1, 0.15) is 0 Å². The molecule has 0 heterocycles. The van der Waals surface area contributed by atoms with Gasteiger partial charge in [0, 0.05) is 0 Å². The van der Waals surface area contributed by atoms with Gasteiger partial charge in [0.1, 0.15) is 0 Å². The van der Waals surface area contributed by atoms with E-state index >= 15 is 0 Å². The van der Waals surface area contributed by atoms with Gasteiger partial charge in [-0.3, -0.25) is 4.89 Å². The van der Waals surface area contributed by atoms with Gasteiger partial charge in [0.2, 0.25) is 0 Å². The summed E-state index contributed by atoms with van der Waals surface area (Å²) >= 11 is 4.14. The summed E-state index contributed by atoms with van der Waals surface area (Å²) in [7, 11) is 0. The summed E-state index contributed by atoms with van der Waals surface area (Å²) in [5.41, 5.74) is 9.16. The Morgan fingerprint density at radius 1 is 1.38 bits per heavy atom. The molecule has 0 saturated heterocycles. The fourth-order valence-corrected chi connectivity index (χ4v) is 0.116. The van der Waals surface area contributed by atoms with Crippen molar-refractivity contribution in [2.24, 2.45) is 11.5 Å². The van der Waals surface area contributed by atoms with Crippen LogP contribution < -0.4 is 11.5 Å². The molecule has 5 nitrogen and oxygen atoms in total. The Labute approximate surface area is 50.5 Å². The molecule has 0 unspecified atom stereocenters. The molecule has 0 aliphatic heterocycles. The van der Waals surface area contributed by atoms with Crippen molar-refractivity contribution in [3.8, 4) is 0 Å². The van der Waals surface area contributed by atoms with Crippen molar-refractivity contribution in [2.75, 3.05) is 0 Å².